The van der Waals surface area contributed by atoms with E-state index in [0.717, 1.165) is 5.56 Å². The molecule has 2 aliphatic rings. The molecule has 26 heavy (non-hydrogen) atoms. The van der Waals surface area contributed by atoms with E-state index < -0.39 is 24.4 Å². The van der Waals surface area contributed by atoms with E-state index in [9.17, 15) is 15.3 Å². The number of anilines is 1. The van der Waals surface area contributed by atoms with Crippen LogP contribution < -0.4 is 5.73 Å². The molecule has 4 atom stereocenters. The number of hydrogen-bond acceptors (Lipinski definition) is 7. The zero-order valence-electron chi connectivity index (χ0n) is 14.4. The maximum atomic E-state index is 10.4. The van der Waals surface area contributed by atoms with E-state index in [1.807, 2.05) is 12.1 Å². The van der Waals surface area contributed by atoms with E-state index in [0.29, 0.717) is 22.9 Å². The first-order valence-corrected chi connectivity index (χ1v) is 9.03. The molecular formula is C18H24N4O4. The van der Waals surface area contributed by atoms with Crippen LogP contribution in [0.25, 0.3) is 11.6 Å². The van der Waals surface area contributed by atoms with Crippen LogP contribution in [0.4, 0.5) is 5.82 Å². The van der Waals surface area contributed by atoms with Crippen molar-refractivity contribution in [3.63, 3.8) is 0 Å². The van der Waals surface area contributed by atoms with Gasteiger partial charge < -0.3 is 25.8 Å². The highest BCUT2D eigenvalue weighted by Gasteiger charge is 2.44. The summed E-state index contributed by atoms with van der Waals surface area (Å²) in [6.45, 7) is -0.371. The molecule has 0 amide bonds. The van der Waals surface area contributed by atoms with Gasteiger partial charge in [-0.1, -0.05) is 25.0 Å². The first-order chi connectivity index (χ1) is 12.6. The smallest absolute Gasteiger partial charge is 0.151 e. The Bertz CT molecular complexity index is 815. The minimum absolute atomic E-state index is 0.337. The van der Waals surface area contributed by atoms with Crippen LogP contribution in [0.3, 0.4) is 0 Å². The molecule has 2 aromatic heterocycles. The topological polar surface area (TPSA) is 126 Å². The van der Waals surface area contributed by atoms with Crippen molar-refractivity contribution in [2.45, 2.75) is 50.1 Å². The van der Waals surface area contributed by atoms with Crippen molar-refractivity contribution in [3.05, 3.63) is 29.7 Å². The molecule has 0 aromatic carbocycles. The predicted molar refractivity (Wildman–Crippen MR) is 95.1 cm³/mol. The molecule has 1 saturated heterocycles. The van der Waals surface area contributed by atoms with E-state index in [1.54, 1.807) is 4.52 Å². The Labute approximate surface area is 150 Å². The summed E-state index contributed by atoms with van der Waals surface area (Å²) in [5.41, 5.74) is 8.14. The molecule has 1 saturated carbocycles. The lowest BCUT2D eigenvalue weighted by Gasteiger charge is -2.14. The van der Waals surface area contributed by atoms with Crippen LogP contribution >= 0.6 is 0 Å². The Morgan fingerprint density at radius 2 is 2.04 bits per heavy atom. The average molecular weight is 360 g/mol. The van der Waals surface area contributed by atoms with Gasteiger partial charge in [0.25, 0.3) is 0 Å². The molecule has 0 bridgehead atoms. The van der Waals surface area contributed by atoms with E-state index in [4.69, 9.17) is 10.5 Å². The summed E-state index contributed by atoms with van der Waals surface area (Å²) in [7, 11) is 0. The van der Waals surface area contributed by atoms with Gasteiger partial charge in [-0.25, -0.2) is 9.50 Å². The van der Waals surface area contributed by atoms with E-state index >= 15 is 0 Å². The number of aliphatic hydroxyl groups excluding tert-OH is 3. The maximum Gasteiger partial charge on any atom is 0.151 e. The van der Waals surface area contributed by atoms with Crippen LogP contribution in [-0.2, 0) is 4.74 Å². The van der Waals surface area contributed by atoms with Gasteiger partial charge in [0.15, 0.2) is 5.82 Å². The molecule has 8 heteroatoms. The molecule has 8 nitrogen and oxygen atoms in total. The van der Waals surface area contributed by atoms with Gasteiger partial charge in [0.1, 0.15) is 36.3 Å². The fourth-order valence-corrected chi connectivity index (χ4v) is 3.99. The maximum absolute atomic E-state index is 10.4. The van der Waals surface area contributed by atoms with Crippen LogP contribution in [0.5, 0.6) is 0 Å². The Hall–Kier alpha value is -2.00. The summed E-state index contributed by atoms with van der Waals surface area (Å²) in [6, 6.07) is 1.85. The molecule has 1 aliphatic heterocycles. The molecule has 1 aliphatic carbocycles. The number of ether oxygens (including phenoxy) is 1. The van der Waals surface area contributed by atoms with Crippen molar-refractivity contribution in [1.82, 2.24) is 14.6 Å². The summed E-state index contributed by atoms with van der Waals surface area (Å²) < 4.78 is 7.26. The number of aromatic nitrogens is 3. The minimum atomic E-state index is -1.16. The zero-order chi connectivity index (χ0) is 18.3. The van der Waals surface area contributed by atoms with Crippen molar-refractivity contribution in [1.29, 1.82) is 0 Å². The molecule has 2 aromatic rings. The Balaban J connectivity index is 1.75. The summed E-state index contributed by atoms with van der Waals surface area (Å²) in [5.74, 6) is 0.900. The van der Waals surface area contributed by atoms with Crippen LogP contribution in [-0.4, -0.2) is 54.8 Å². The Kier molecular flexibility index (Phi) is 4.66. The third-order valence-electron chi connectivity index (χ3n) is 5.42. The fraction of sp³-hybridized carbons (Fsp3) is 0.556. The molecule has 140 valence electrons. The fourth-order valence-electron chi connectivity index (χ4n) is 3.99. The predicted octanol–water partition coefficient (Wildman–Crippen LogP) is 0.669. The molecule has 0 unspecified atom stereocenters. The van der Waals surface area contributed by atoms with Gasteiger partial charge in [0, 0.05) is 5.56 Å². The van der Waals surface area contributed by atoms with Gasteiger partial charge >= 0.3 is 0 Å². The third kappa shape index (κ3) is 2.88. The monoisotopic (exact) mass is 360 g/mol. The first-order valence-electron chi connectivity index (χ1n) is 9.03. The number of nitrogens with zero attached hydrogens (tertiary/aromatic N) is 3. The van der Waals surface area contributed by atoms with E-state index in [-0.39, 0.29) is 6.61 Å². The molecule has 0 spiro atoms. The van der Waals surface area contributed by atoms with Gasteiger partial charge in [-0.15, -0.1) is 0 Å². The second kappa shape index (κ2) is 6.96. The SMILES string of the molecule is Nc1ncnn2c([C@@H]3O[C@H](CO)[C@@H](O)[C@H]3O)cc(/C=C/C3CCCC3)c12. The summed E-state index contributed by atoms with van der Waals surface area (Å²) >= 11 is 0. The minimum Gasteiger partial charge on any atom is -0.394 e. The van der Waals surface area contributed by atoms with E-state index in [2.05, 4.69) is 16.2 Å². The summed E-state index contributed by atoms with van der Waals surface area (Å²) in [4.78, 5) is 4.07. The second-order valence-corrected chi connectivity index (χ2v) is 7.09. The lowest BCUT2D eigenvalue weighted by molar-refractivity contribution is -0.0244. The van der Waals surface area contributed by atoms with Crippen LogP contribution in [0.1, 0.15) is 43.0 Å². The van der Waals surface area contributed by atoms with Gasteiger partial charge in [0.2, 0.25) is 0 Å². The highest BCUT2D eigenvalue weighted by molar-refractivity contribution is 5.79. The molecule has 3 heterocycles. The molecular weight excluding hydrogens is 336 g/mol. The van der Waals surface area contributed by atoms with Crippen molar-refractivity contribution in [2.24, 2.45) is 5.92 Å². The van der Waals surface area contributed by atoms with Crippen molar-refractivity contribution < 1.29 is 20.1 Å². The normalized spacial score (nSPS) is 30.1. The number of allylic oxidation sites excluding steroid dienone is 1. The second-order valence-electron chi connectivity index (χ2n) is 7.09. The van der Waals surface area contributed by atoms with Crippen LogP contribution in [0.2, 0.25) is 0 Å². The van der Waals surface area contributed by atoms with Crippen LogP contribution in [0, 0.1) is 5.92 Å². The van der Waals surface area contributed by atoms with E-state index in [1.165, 1.54) is 32.0 Å². The lowest BCUT2D eigenvalue weighted by Crippen LogP contribution is -2.32. The molecule has 0 radical (unpaired) electrons. The Morgan fingerprint density at radius 1 is 1.27 bits per heavy atom. The highest BCUT2D eigenvalue weighted by atomic mass is 16.6. The van der Waals surface area contributed by atoms with Crippen molar-refractivity contribution in [3.8, 4) is 0 Å². The number of fused-ring (bicyclic) bond motifs is 1. The quantitative estimate of drug-likeness (QED) is 0.631. The number of nitrogen functional groups attached to an aromatic ring is 1. The van der Waals surface area contributed by atoms with Gasteiger partial charge in [-0.2, -0.15) is 5.10 Å². The number of rotatable bonds is 4. The van der Waals surface area contributed by atoms with Crippen molar-refractivity contribution in [2.75, 3.05) is 12.3 Å². The van der Waals surface area contributed by atoms with Crippen molar-refractivity contribution >= 4 is 17.4 Å². The summed E-state index contributed by atoms with van der Waals surface area (Å²) in [6.07, 6.45) is 6.49. The van der Waals surface area contributed by atoms with Crippen LogP contribution in [0.15, 0.2) is 18.5 Å². The number of hydrogen-bond donors (Lipinski definition) is 4. The highest BCUT2D eigenvalue weighted by Crippen LogP contribution is 2.36. The Morgan fingerprint density at radius 3 is 2.73 bits per heavy atom. The van der Waals surface area contributed by atoms with Gasteiger partial charge in [-0.3, -0.25) is 0 Å². The standard InChI is InChI=1S/C18H24N4O4/c19-18-14-11(6-5-10-3-1-2-4-10)7-12(22(14)21-9-20-18)17-16(25)15(24)13(8-23)26-17/h5-7,9-10,13,15-17,23-25H,1-4,8H2,(H2,19,20,21)/b6-5+/t13-,15-,16-,17+/m1/s1. The van der Waals surface area contributed by atoms with Gasteiger partial charge in [0.05, 0.1) is 12.3 Å². The first kappa shape index (κ1) is 17.4. The lowest BCUT2D eigenvalue weighted by atomic mass is 10.0. The summed E-state index contributed by atoms with van der Waals surface area (Å²) in [5, 5.41) is 34.0. The molecule has 5 N–H and O–H groups in total. The third-order valence-corrected chi connectivity index (χ3v) is 5.42. The van der Waals surface area contributed by atoms with Gasteiger partial charge in [-0.05, 0) is 24.8 Å². The average Bonchev–Trinajstić information content (AvgIpc) is 3.34. The molecule has 2 fully saturated rings. The largest absolute Gasteiger partial charge is 0.394 e. The number of nitrogens with two attached hydrogens (primary N) is 1. The molecule has 4 rings (SSSR count). The zero-order valence-corrected chi connectivity index (χ0v) is 14.4. The number of aliphatic hydroxyl groups is 3.